The van der Waals surface area contributed by atoms with Crippen molar-refractivity contribution in [2.24, 2.45) is 5.92 Å². The lowest BCUT2D eigenvalue weighted by molar-refractivity contribution is -0.120. The molecule has 1 heterocycles. The van der Waals surface area contributed by atoms with Crippen LogP contribution in [-0.2, 0) is 19.6 Å². The summed E-state index contributed by atoms with van der Waals surface area (Å²) < 4.78 is 32.5. The number of nitrogens with zero attached hydrogens (tertiary/aromatic N) is 1. The molecule has 2 aromatic rings. The number of benzene rings is 2. The van der Waals surface area contributed by atoms with Crippen molar-refractivity contribution in [1.29, 1.82) is 0 Å². The molecule has 1 saturated heterocycles. The molecule has 0 unspecified atom stereocenters. The molecule has 0 bridgehead atoms. The first-order chi connectivity index (χ1) is 15.0. The number of ether oxygens (including phenoxy) is 1. The van der Waals surface area contributed by atoms with E-state index in [0.29, 0.717) is 31.9 Å². The molecule has 0 aliphatic carbocycles. The van der Waals surface area contributed by atoms with Gasteiger partial charge >= 0.3 is 0 Å². The molecular weight excluding hydrogens is 414 g/mol. The lowest BCUT2D eigenvalue weighted by Crippen LogP contribution is -2.38. The molecule has 2 aromatic carbocycles. The Hall–Kier alpha value is -2.42. The van der Waals surface area contributed by atoms with Crippen molar-refractivity contribution >= 4 is 27.3 Å². The van der Waals surface area contributed by atoms with Crippen molar-refractivity contribution in [3.63, 3.8) is 0 Å². The number of anilines is 2. The maximum absolute atomic E-state index is 12.6. The molecule has 8 heteroatoms. The second kappa shape index (κ2) is 11.3. The second-order valence-electron chi connectivity index (χ2n) is 7.56. The third-order valence-electron chi connectivity index (χ3n) is 5.38. The minimum atomic E-state index is -3.57. The zero-order valence-corrected chi connectivity index (χ0v) is 18.7. The summed E-state index contributed by atoms with van der Waals surface area (Å²) in [5, 5.41) is 2.92. The summed E-state index contributed by atoms with van der Waals surface area (Å²) in [6, 6.07) is 16.5. The SMILES string of the molecule is CCOCCCNS(=O)(=O)c1ccc(NC(=O)C2CCN(c3ccccc3)CC2)cc1. The van der Waals surface area contributed by atoms with Crippen LogP contribution in [0.1, 0.15) is 26.2 Å². The van der Waals surface area contributed by atoms with Crippen LogP contribution in [0.3, 0.4) is 0 Å². The largest absolute Gasteiger partial charge is 0.382 e. The summed E-state index contributed by atoms with van der Waals surface area (Å²) >= 11 is 0. The summed E-state index contributed by atoms with van der Waals surface area (Å²) in [6.45, 7) is 5.05. The Labute approximate surface area is 184 Å². The molecule has 1 amide bonds. The van der Waals surface area contributed by atoms with Crippen LogP contribution in [0.15, 0.2) is 59.5 Å². The predicted molar refractivity (Wildman–Crippen MR) is 123 cm³/mol. The van der Waals surface area contributed by atoms with Crippen molar-refractivity contribution in [3.8, 4) is 0 Å². The number of carbonyl (C=O) groups is 1. The number of amides is 1. The molecular formula is C23H31N3O4S. The average molecular weight is 446 g/mol. The fraction of sp³-hybridized carbons (Fsp3) is 0.435. The van der Waals surface area contributed by atoms with Gasteiger partial charge in [-0.15, -0.1) is 0 Å². The van der Waals surface area contributed by atoms with Gasteiger partial charge in [0.25, 0.3) is 0 Å². The third-order valence-corrected chi connectivity index (χ3v) is 6.86. The van der Waals surface area contributed by atoms with Gasteiger partial charge in [0.1, 0.15) is 0 Å². The highest BCUT2D eigenvalue weighted by molar-refractivity contribution is 7.89. The summed E-state index contributed by atoms with van der Waals surface area (Å²) in [6.07, 6.45) is 2.20. The van der Waals surface area contributed by atoms with Gasteiger partial charge in [-0.25, -0.2) is 13.1 Å². The van der Waals surface area contributed by atoms with E-state index in [0.717, 1.165) is 25.9 Å². The Morgan fingerprint density at radius 2 is 1.74 bits per heavy atom. The summed E-state index contributed by atoms with van der Waals surface area (Å²) in [5.74, 6) is -0.0623. The van der Waals surface area contributed by atoms with Gasteiger partial charge in [-0.1, -0.05) is 18.2 Å². The Kier molecular flexibility index (Phi) is 8.45. The Bertz CT molecular complexity index is 925. The minimum Gasteiger partial charge on any atom is -0.382 e. The minimum absolute atomic E-state index is 0.0163. The molecule has 1 fully saturated rings. The van der Waals surface area contributed by atoms with E-state index in [1.807, 2.05) is 25.1 Å². The molecule has 1 aliphatic heterocycles. The zero-order valence-electron chi connectivity index (χ0n) is 17.9. The highest BCUT2D eigenvalue weighted by Crippen LogP contribution is 2.24. The van der Waals surface area contributed by atoms with Crippen molar-refractivity contribution in [1.82, 2.24) is 4.72 Å². The third kappa shape index (κ3) is 6.78. The highest BCUT2D eigenvalue weighted by atomic mass is 32.2. The summed E-state index contributed by atoms with van der Waals surface area (Å²) in [4.78, 5) is 15.1. The number of hydrogen-bond acceptors (Lipinski definition) is 5. The number of nitrogens with one attached hydrogen (secondary N) is 2. The van der Waals surface area contributed by atoms with Crippen molar-refractivity contribution < 1.29 is 17.9 Å². The van der Waals surface area contributed by atoms with Crippen LogP contribution in [0, 0.1) is 5.92 Å². The van der Waals surface area contributed by atoms with E-state index >= 15 is 0 Å². The highest BCUT2D eigenvalue weighted by Gasteiger charge is 2.25. The smallest absolute Gasteiger partial charge is 0.240 e. The van der Waals surface area contributed by atoms with E-state index in [-0.39, 0.29) is 16.7 Å². The summed E-state index contributed by atoms with van der Waals surface area (Å²) in [5.41, 5.74) is 1.79. The standard InChI is InChI=1S/C23H31N3O4S/c1-2-30-18-6-15-24-31(28,29)22-11-9-20(10-12-22)25-23(27)19-13-16-26(17-14-19)21-7-4-3-5-8-21/h3-5,7-12,19,24H,2,6,13-18H2,1H3,(H,25,27). The number of piperidine rings is 1. The molecule has 2 N–H and O–H groups in total. The Morgan fingerprint density at radius 1 is 1.06 bits per heavy atom. The molecule has 0 aromatic heterocycles. The normalized spacial score (nSPS) is 15.1. The quantitative estimate of drug-likeness (QED) is 0.548. The maximum atomic E-state index is 12.6. The van der Waals surface area contributed by atoms with E-state index < -0.39 is 10.0 Å². The second-order valence-corrected chi connectivity index (χ2v) is 9.33. The van der Waals surface area contributed by atoms with Gasteiger partial charge in [0.05, 0.1) is 4.90 Å². The first-order valence-corrected chi connectivity index (χ1v) is 12.3. The van der Waals surface area contributed by atoms with E-state index in [1.54, 1.807) is 12.1 Å². The topological polar surface area (TPSA) is 87.7 Å². The van der Waals surface area contributed by atoms with Gasteiger partial charge in [0, 0.05) is 50.1 Å². The van der Waals surface area contributed by atoms with Crippen LogP contribution in [0.2, 0.25) is 0 Å². The van der Waals surface area contributed by atoms with Crippen LogP contribution in [-0.4, -0.2) is 47.2 Å². The molecule has 3 rings (SSSR count). The van der Waals surface area contributed by atoms with Crippen LogP contribution >= 0.6 is 0 Å². The van der Waals surface area contributed by atoms with Crippen LogP contribution < -0.4 is 14.9 Å². The van der Waals surface area contributed by atoms with Crippen LogP contribution in [0.5, 0.6) is 0 Å². The van der Waals surface area contributed by atoms with E-state index in [2.05, 4.69) is 27.1 Å². The predicted octanol–water partition coefficient (Wildman–Crippen LogP) is 3.25. The fourth-order valence-electron chi connectivity index (χ4n) is 3.61. The van der Waals surface area contributed by atoms with Gasteiger partial charge in [-0.3, -0.25) is 4.79 Å². The number of carbonyl (C=O) groups excluding carboxylic acids is 1. The number of hydrogen-bond donors (Lipinski definition) is 2. The Balaban J connectivity index is 1.48. The van der Waals surface area contributed by atoms with E-state index in [9.17, 15) is 13.2 Å². The lowest BCUT2D eigenvalue weighted by atomic mass is 9.95. The maximum Gasteiger partial charge on any atom is 0.240 e. The average Bonchev–Trinajstić information content (AvgIpc) is 2.80. The van der Waals surface area contributed by atoms with Crippen molar-refractivity contribution in [2.75, 3.05) is 43.1 Å². The van der Waals surface area contributed by atoms with Crippen LogP contribution in [0.4, 0.5) is 11.4 Å². The first kappa shape index (κ1) is 23.2. The molecule has 1 aliphatic rings. The zero-order chi connectivity index (χ0) is 22.1. The van der Waals surface area contributed by atoms with Crippen molar-refractivity contribution in [3.05, 3.63) is 54.6 Å². The van der Waals surface area contributed by atoms with Gasteiger partial charge in [0.15, 0.2) is 0 Å². The lowest BCUT2D eigenvalue weighted by Gasteiger charge is -2.33. The number of para-hydroxylation sites is 1. The first-order valence-electron chi connectivity index (χ1n) is 10.8. The van der Waals surface area contributed by atoms with Gasteiger partial charge < -0.3 is 15.0 Å². The molecule has 0 saturated carbocycles. The number of rotatable bonds is 10. The Morgan fingerprint density at radius 3 is 2.39 bits per heavy atom. The van der Waals surface area contributed by atoms with Crippen LogP contribution in [0.25, 0.3) is 0 Å². The monoisotopic (exact) mass is 445 g/mol. The fourth-order valence-corrected chi connectivity index (χ4v) is 4.68. The molecule has 31 heavy (non-hydrogen) atoms. The van der Waals surface area contributed by atoms with Gasteiger partial charge in [-0.05, 0) is 62.6 Å². The van der Waals surface area contributed by atoms with E-state index in [1.165, 1.54) is 17.8 Å². The van der Waals surface area contributed by atoms with Gasteiger partial charge in [0.2, 0.25) is 15.9 Å². The molecule has 0 spiro atoms. The van der Waals surface area contributed by atoms with E-state index in [4.69, 9.17) is 4.74 Å². The molecule has 168 valence electrons. The van der Waals surface area contributed by atoms with Crippen molar-refractivity contribution in [2.45, 2.75) is 31.1 Å². The van der Waals surface area contributed by atoms with Gasteiger partial charge in [-0.2, -0.15) is 0 Å². The molecule has 0 atom stereocenters. The number of sulfonamides is 1. The molecule has 7 nitrogen and oxygen atoms in total. The summed E-state index contributed by atoms with van der Waals surface area (Å²) in [7, 11) is -3.57. The molecule has 0 radical (unpaired) electrons.